The van der Waals surface area contributed by atoms with Gasteiger partial charge < -0.3 is 15.0 Å². The summed E-state index contributed by atoms with van der Waals surface area (Å²) < 4.78 is 6.19. The molecule has 34 heavy (non-hydrogen) atoms. The first-order valence-corrected chi connectivity index (χ1v) is 13.1. The maximum absolute atomic E-state index is 12.5. The number of fused-ring (bicyclic) bond motifs is 3. The predicted octanol–water partition coefficient (Wildman–Crippen LogP) is 4.49. The van der Waals surface area contributed by atoms with Gasteiger partial charge in [0, 0.05) is 31.4 Å². The molecule has 1 amide bonds. The van der Waals surface area contributed by atoms with Crippen LogP contribution in [0, 0.1) is 5.92 Å². The van der Waals surface area contributed by atoms with Gasteiger partial charge in [0.2, 0.25) is 5.91 Å². The number of hydrogen-bond donors (Lipinski definition) is 1. The summed E-state index contributed by atoms with van der Waals surface area (Å²) >= 11 is 1.69. The third kappa shape index (κ3) is 4.88. The van der Waals surface area contributed by atoms with Crippen LogP contribution in [-0.4, -0.2) is 66.0 Å². The average molecular weight is 480 g/mol. The topological polar surface area (TPSA) is 70.6 Å². The Bertz CT molecular complexity index is 1160. The molecule has 5 rings (SSSR count). The van der Waals surface area contributed by atoms with Gasteiger partial charge in [-0.2, -0.15) is 0 Å². The molecule has 0 spiro atoms. The number of thiophene rings is 1. The molecule has 0 bridgehead atoms. The molecule has 1 saturated heterocycles. The zero-order valence-corrected chi connectivity index (χ0v) is 20.9. The molecule has 1 aromatic carbocycles. The van der Waals surface area contributed by atoms with Gasteiger partial charge in [0.25, 0.3) is 0 Å². The number of carbonyl (C=O) groups excluding carboxylic acids is 1. The van der Waals surface area contributed by atoms with E-state index in [4.69, 9.17) is 4.74 Å². The van der Waals surface area contributed by atoms with Crippen molar-refractivity contribution in [2.45, 2.75) is 38.5 Å². The summed E-state index contributed by atoms with van der Waals surface area (Å²) in [5.41, 5.74) is 2.20. The van der Waals surface area contributed by atoms with Crippen LogP contribution >= 0.6 is 11.3 Å². The van der Waals surface area contributed by atoms with Crippen LogP contribution in [0.5, 0.6) is 5.75 Å². The van der Waals surface area contributed by atoms with E-state index in [1.807, 2.05) is 38.4 Å². The van der Waals surface area contributed by atoms with Crippen molar-refractivity contribution in [2.75, 3.05) is 45.7 Å². The van der Waals surface area contributed by atoms with Crippen LogP contribution in [-0.2, 0) is 17.6 Å². The molecule has 2 aromatic heterocycles. The molecule has 1 N–H and O–H groups in total. The van der Waals surface area contributed by atoms with E-state index in [0.29, 0.717) is 6.61 Å². The summed E-state index contributed by atoms with van der Waals surface area (Å²) in [6.07, 6.45) is 8.05. The Kier molecular flexibility index (Phi) is 6.97. The molecular weight excluding hydrogens is 446 g/mol. The van der Waals surface area contributed by atoms with Crippen molar-refractivity contribution in [3.8, 4) is 5.75 Å². The molecule has 0 saturated carbocycles. The number of ether oxygens (including phenoxy) is 1. The summed E-state index contributed by atoms with van der Waals surface area (Å²) in [4.78, 5) is 28.1. The monoisotopic (exact) mass is 479 g/mol. The normalized spacial score (nSPS) is 18.5. The van der Waals surface area contributed by atoms with E-state index in [-0.39, 0.29) is 11.8 Å². The van der Waals surface area contributed by atoms with Crippen molar-refractivity contribution in [3.63, 3.8) is 0 Å². The Balaban J connectivity index is 1.34. The Labute approximate surface area is 205 Å². The lowest BCUT2D eigenvalue weighted by molar-refractivity contribution is -0.133. The number of nitrogens with zero attached hydrogens (tertiary/aromatic N) is 4. The van der Waals surface area contributed by atoms with Crippen LogP contribution in [0.1, 0.15) is 36.1 Å². The summed E-state index contributed by atoms with van der Waals surface area (Å²) in [5.74, 6) is 1.91. The molecular formula is C26H33N5O2S. The molecule has 1 unspecified atom stereocenters. The van der Waals surface area contributed by atoms with Crippen molar-refractivity contribution in [1.29, 1.82) is 0 Å². The first-order valence-electron chi connectivity index (χ1n) is 12.3. The fraction of sp³-hybridized carbons (Fsp3) is 0.500. The number of anilines is 2. The van der Waals surface area contributed by atoms with E-state index >= 15 is 0 Å². The van der Waals surface area contributed by atoms with Crippen molar-refractivity contribution >= 4 is 39.0 Å². The van der Waals surface area contributed by atoms with Gasteiger partial charge in [-0.25, -0.2) is 9.97 Å². The van der Waals surface area contributed by atoms with Crippen LogP contribution in [0.2, 0.25) is 0 Å². The number of para-hydroxylation sites is 2. The molecule has 1 aliphatic heterocycles. The van der Waals surface area contributed by atoms with Gasteiger partial charge in [0.15, 0.2) is 0 Å². The van der Waals surface area contributed by atoms with Gasteiger partial charge in [-0.1, -0.05) is 18.6 Å². The van der Waals surface area contributed by atoms with E-state index in [0.717, 1.165) is 53.3 Å². The van der Waals surface area contributed by atoms with Gasteiger partial charge in [0.1, 0.15) is 29.3 Å². The van der Waals surface area contributed by atoms with E-state index < -0.39 is 0 Å². The second-order valence-electron chi connectivity index (χ2n) is 9.45. The highest BCUT2D eigenvalue weighted by Gasteiger charge is 2.30. The fourth-order valence-electron chi connectivity index (χ4n) is 5.07. The van der Waals surface area contributed by atoms with Gasteiger partial charge >= 0.3 is 0 Å². The van der Waals surface area contributed by atoms with Crippen molar-refractivity contribution in [2.24, 2.45) is 5.92 Å². The Morgan fingerprint density at radius 3 is 2.85 bits per heavy atom. The van der Waals surface area contributed by atoms with Crippen molar-refractivity contribution in [3.05, 3.63) is 41.0 Å². The fourth-order valence-corrected chi connectivity index (χ4v) is 6.34. The number of hydrogen-bond acceptors (Lipinski definition) is 7. The number of rotatable bonds is 7. The van der Waals surface area contributed by atoms with Crippen LogP contribution in [0.4, 0.5) is 11.5 Å². The number of likely N-dealkylation sites (tertiary alicyclic amines) is 1. The third-order valence-corrected chi connectivity index (χ3v) is 8.05. The van der Waals surface area contributed by atoms with Gasteiger partial charge in [-0.05, 0) is 62.9 Å². The Morgan fingerprint density at radius 1 is 1.21 bits per heavy atom. The molecule has 1 atom stereocenters. The molecule has 1 aliphatic carbocycles. The third-order valence-electron chi connectivity index (χ3n) is 6.89. The zero-order chi connectivity index (χ0) is 23.5. The molecule has 3 heterocycles. The Hall–Kier alpha value is -2.71. The number of piperidine rings is 1. The maximum Gasteiger partial charge on any atom is 0.225 e. The summed E-state index contributed by atoms with van der Waals surface area (Å²) in [6, 6.07) is 8.07. The second kappa shape index (κ2) is 10.3. The highest BCUT2D eigenvalue weighted by atomic mass is 32.1. The number of aryl methyl sites for hydroxylation is 1. The number of carbonyl (C=O) groups is 1. The molecule has 2 aliphatic rings. The minimum atomic E-state index is 0.0500. The number of amides is 1. The molecule has 180 valence electrons. The van der Waals surface area contributed by atoms with E-state index in [2.05, 4.69) is 20.2 Å². The summed E-state index contributed by atoms with van der Waals surface area (Å²) in [5, 5.41) is 4.62. The Morgan fingerprint density at radius 2 is 2.03 bits per heavy atom. The first-order chi connectivity index (χ1) is 16.6. The molecule has 8 heteroatoms. The smallest absolute Gasteiger partial charge is 0.225 e. The van der Waals surface area contributed by atoms with Gasteiger partial charge in [-0.3, -0.25) is 9.69 Å². The quantitative estimate of drug-likeness (QED) is 0.538. The molecule has 7 nitrogen and oxygen atoms in total. The standard InChI is InChI=1S/C26H33N5O2S/c1-30(2)26(32)18-10-11-19-22(16-18)34-25-23(19)24(27-17-28-25)29-20-8-4-5-9-21(20)33-15-14-31-12-6-3-7-13-31/h4-5,8-9,17-18H,3,6-7,10-16H2,1-2H3,(H,27,28,29). The van der Waals surface area contributed by atoms with Crippen molar-refractivity contribution in [1.82, 2.24) is 19.8 Å². The highest BCUT2D eigenvalue weighted by molar-refractivity contribution is 7.19. The van der Waals surface area contributed by atoms with Crippen LogP contribution in [0.25, 0.3) is 10.2 Å². The molecule has 1 fully saturated rings. The second-order valence-corrected chi connectivity index (χ2v) is 10.5. The minimum Gasteiger partial charge on any atom is -0.490 e. The molecule has 0 radical (unpaired) electrons. The van der Waals surface area contributed by atoms with Crippen LogP contribution < -0.4 is 10.1 Å². The zero-order valence-electron chi connectivity index (χ0n) is 20.0. The predicted molar refractivity (Wildman–Crippen MR) is 137 cm³/mol. The maximum atomic E-state index is 12.5. The lowest BCUT2D eigenvalue weighted by Gasteiger charge is -2.26. The first kappa shape index (κ1) is 23.1. The van der Waals surface area contributed by atoms with Gasteiger partial charge in [-0.15, -0.1) is 11.3 Å². The molecule has 3 aromatic rings. The number of aromatic nitrogens is 2. The summed E-state index contributed by atoms with van der Waals surface area (Å²) in [7, 11) is 3.67. The number of nitrogens with one attached hydrogen (secondary N) is 1. The van der Waals surface area contributed by atoms with Crippen molar-refractivity contribution < 1.29 is 9.53 Å². The lowest BCUT2D eigenvalue weighted by Crippen LogP contribution is -2.33. The largest absolute Gasteiger partial charge is 0.490 e. The average Bonchev–Trinajstić information content (AvgIpc) is 3.24. The number of benzene rings is 1. The van der Waals surface area contributed by atoms with E-state index in [1.165, 1.54) is 42.8 Å². The SMILES string of the molecule is CN(C)C(=O)C1CCc2c(sc3ncnc(Nc4ccccc4OCCN4CCCCC4)c23)C1. The van der Waals surface area contributed by atoms with Crippen LogP contribution in [0.15, 0.2) is 30.6 Å². The highest BCUT2D eigenvalue weighted by Crippen LogP contribution is 2.41. The summed E-state index contributed by atoms with van der Waals surface area (Å²) in [6.45, 7) is 3.98. The van der Waals surface area contributed by atoms with Crippen LogP contribution in [0.3, 0.4) is 0 Å². The lowest BCUT2D eigenvalue weighted by atomic mass is 9.87. The van der Waals surface area contributed by atoms with E-state index in [1.54, 1.807) is 22.6 Å². The van der Waals surface area contributed by atoms with Gasteiger partial charge in [0.05, 0.1) is 11.1 Å². The minimum absolute atomic E-state index is 0.0500. The van der Waals surface area contributed by atoms with E-state index in [9.17, 15) is 4.79 Å².